The minimum Gasteiger partial charge on any atom is -0.373 e. The van der Waals surface area contributed by atoms with E-state index in [1.807, 2.05) is 0 Å². The molecule has 3 nitrogen and oxygen atoms in total. The van der Waals surface area contributed by atoms with Gasteiger partial charge in [-0.15, -0.1) is 12.1 Å². The number of hydroxylamine groups is 1. The van der Waals surface area contributed by atoms with E-state index in [-0.39, 0.29) is 18.3 Å². The molecule has 0 saturated carbocycles. The van der Waals surface area contributed by atoms with E-state index in [0.717, 1.165) is 0 Å². The summed E-state index contributed by atoms with van der Waals surface area (Å²) in [6.45, 7) is 3.87. The summed E-state index contributed by atoms with van der Waals surface area (Å²) < 4.78 is 13.8. The number of halogens is 2. The molecule has 86 valence electrons. The lowest BCUT2D eigenvalue weighted by Gasteiger charge is -2.15. The Morgan fingerprint density at radius 2 is 2.31 bits per heavy atom. The van der Waals surface area contributed by atoms with Gasteiger partial charge in [0, 0.05) is 4.47 Å². The maximum Gasteiger partial charge on any atom is 0.312 e. The van der Waals surface area contributed by atoms with Crippen LogP contribution in [0.4, 0.5) is 4.39 Å². The fourth-order valence-corrected chi connectivity index (χ4v) is 1.79. The molecule has 1 aromatic carbocycles. The summed E-state index contributed by atoms with van der Waals surface area (Å²) >= 11 is 3.20. The van der Waals surface area contributed by atoms with Gasteiger partial charge in [-0.1, -0.05) is 22.0 Å². The van der Waals surface area contributed by atoms with Crippen LogP contribution in [0.5, 0.6) is 0 Å². The third-order valence-electron chi connectivity index (χ3n) is 1.95. The van der Waals surface area contributed by atoms with Crippen molar-refractivity contribution in [3.8, 4) is 0 Å². The Labute approximate surface area is 101 Å². The van der Waals surface area contributed by atoms with Crippen molar-refractivity contribution in [2.24, 2.45) is 0 Å². The molecule has 0 radical (unpaired) electrons. The van der Waals surface area contributed by atoms with Gasteiger partial charge in [0.1, 0.15) is 5.82 Å². The van der Waals surface area contributed by atoms with Crippen LogP contribution in [0.25, 0.3) is 0 Å². The Balaban J connectivity index is 2.90. The van der Waals surface area contributed by atoms with Crippen LogP contribution in [0.3, 0.4) is 0 Å². The van der Waals surface area contributed by atoms with Gasteiger partial charge in [0.2, 0.25) is 0 Å². The Morgan fingerprint density at radius 1 is 1.56 bits per heavy atom. The quantitative estimate of drug-likeness (QED) is 0.497. The minimum atomic E-state index is -0.355. The van der Waals surface area contributed by atoms with E-state index in [0.29, 0.717) is 16.5 Å². The number of hydrogen-bond donors (Lipinski definition) is 1. The van der Waals surface area contributed by atoms with E-state index in [1.165, 1.54) is 12.1 Å². The van der Waals surface area contributed by atoms with Gasteiger partial charge < -0.3 is 4.84 Å². The van der Waals surface area contributed by atoms with E-state index in [9.17, 15) is 9.18 Å². The van der Waals surface area contributed by atoms with Gasteiger partial charge in [-0.2, -0.15) is 0 Å². The zero-order chi connectivity index (χ0) is 12.0. The van der Waals surface area contributed by atoms with Gasteiger partial charge in [-0.05, 0) is 30.2 Å². The average Bonchev–Trinajstić information content (AvgIpc) is 2.22. The first-order valence-corrected chi connectivity index (χ1v) is 5.38. The van der Waals surface area contributed by atoms with Crippen LogP contribution in [0.15, 0.2) is 35.3 Å². The van der Waals surface area contributed by atoms with E-state index >= 15 is 0 Å². The van der Waals surface area contributed by atoms with Gasteiger partial charge in [0.05, 0.1) is 6.04 Å². The molecular weight excluding hydrogens is 277 g/mol. The Hall–Kier alpha value is -1.20. The molecule has 0 fully saturated rings. The fraction of sp³-hybridized carbons (Fsp3) is 0.182. The normalized spacial score (nSPS) is 11.9. The first kappa shape index (κ1) is 12.9. The molecule has 0 spiro atoms. The van der Waals surface area contributed by atoms with Gasteiger partial charge in [0.15, 0.2) is 0 Å². The highest BCUT2D eigenvalue weighted by atomic mass is 79.9. The van der Waals surface area contributed by atoms with E-state index in [1.54, 1.807) is 12.1 Å². The predicted octanol–water partition coefficient (Wildman–Crippen LogP) is 2.88. The second-order valence-corrected chi connectivity index (χ2v) is 4.03. The molecule has 0 aromatic heterocycles. The highest BCUT2D eigenvalue weighted by Gasteiger charge is 2.11. The molecule has 0 aliphatic rings. The van der Waals surface area contributed by atoms with Crippen LogP contribution in [0, 0.1) is 5.82 Å². The first-order valence-electron chi connectivity index (χ1n) is 4.59. The Morgan fingerprint density at radius 3 is 2.88 bits per heavy atom. The van der Waals surface area contributed by atoms with Crippen LogP contribution in [0.2, 0.25) is 0 Å². The van der Waals surface area contributed by atoms with Gasteiger partial charge in [-0.25, -0.2) is 4.39 Å². The summed E-state index contributed by atoms with van der Waals surface area (Å²) in [6.07, 6.45) is 2.17. The maximum absolute atomic E-state index is 13.2. The van der Waals surface area contributed by atoms with Crippen molar-refractivity contribution in [2.45, 2.75) is 12.5 Å². The van der Waals surface area contributed by atoms with Gasteiger partial charge in [0.25, 0.3) is 0 Å². The van der Waals surface area contributed by atoms with Gasteiger partial charge >= 0.3 is 6.47 Å². The number of nitrogens with one attached hydrogen (secondary N) is 1. The largest absolute Gasteiger partial charge is 0.373 e. The monoisotopic (exact) mass is 287 g/mol. The molecule has 0 amide bonds. The standard InChI is InChI=1S/C11H11BrFNO2/c1-2-3-11(14-16-7-15)8-4-9(12)6-10(13)5-8/h2,4-7,11,14H,1,3H2/t11-/m0/s1. The third-order valence-corrected chi connectivity index (χ3v) is 2.41. The van der Waals surface area contributed by atoms with Crippen molar-refractivity contribution in [2.75, 3.05) is 0 Å². The molecule has 0 aliphatic heterocycles. The molecule has 16 heavy (non-hydrogen) atoms. The average molecular weight is 288 g/mol. The third kappa shape index (κ3) is 3.75. The van der Waals surface area contributed by atoms with E-state index in [4.69, 9.17) is 0 Å². The molecule has 1 atom stereocenters. The summed E-state index contributed by atoms with van der Waals surface area (Å²) in [5.41, 5.74) is 3.19. The number of carbonyl (C=O) groups is 1. The highest BCUT2D eigenvalue weighted by molar-refractivity contribution is 9.10. The molecule has 0 unspecified atom stereocenters. The van der Waals surface area contributed by atoms with Crippen molar-refractivity contribution < 1.29 is 14.0 Å². The van der Waals surface area contributed by atoms with E-state index in [2.05, 4.69) is 32.8 Å². The summed E-state index contributed by atoms with van der Waals surface area (Å²) in [7, 11) is 0. The molecule has 0 aliphatic carbocycles. The summed E-state index contributed by atoms with van der Waals surface area (Å²) in [6, 6.07) is 4.17. The fourth-order valence-electron chi connectivity index (χ4n) is 1.31. The number of rotatable bonds is 6. The van der Waals surface area contributed by atoms with Crippen molar-refractivity contribution >= 4 is 22.4 Å². The second kappa shape index (κ2) is 6.40. The highest BCUT2D eigenvalue weighted by Crippen LogP contribution is 2.22. The van der Waals surface area contributed by atoms with Gasteiger partial charge in [-0.3, -0.25) is 4.79 Å². The Bertz CT molecular complexity index is 364. The second-order valence-electron chi connectivity index (χ2n) is 3.11. The lowest BCUT2D eigenvalue weighted by atomic mass is 10.0. The van der Waals surface area contributed by atoms with Crippen LogP contribution in [-0.2, 0) is 9.63 Å². The predicted molar refractivity (Wildman–Crippen MR) is 61.9 cm³/mol. The van der Waals surface area contributed by atoms with Crippen LogP contribution in [-0.4, -0.2) is 6.47 Å². The molecule has 1 N–H and O–H groups in total. The zero-order valence-corrected chi connectivity index (χ0v) is 10.0. The molecule has 0 bridgehead atoms. The summed E-state index contributed by atoms with van der Waals surface area (Å²) in [5, 5.41) is 0. The zero-order valence-electron chi connectivity index (χ0n) is 8.45. The molecule has 1 aromatic rings. The van der Waals surface area contributed by atoms with Crippen LogP contribution in [0.1, 0.15) is 18.0 Å². The van der Waals surface area contributed by atoms with E-state index < -0.39 is 0 Å². The molecule has 5 heteroatoms. The molecule has 0 saturated heterocycles. The summed E-state index contributed by atoms with van der Waals surface area (Å²) in [4.78, 5) is 14.6. The number of carbonyl (C=O) groups excluding carboxylic acids is 1. The van der Waals surface area contributed by atoms with Crippen molar-refractivity contribution in [1.29, 1.82) is 0 Å². The lowest BCUT2D eigenvalue weighted by molar-refractivity contribution is -0.137. The molecular formula is C11H11BrFNO2. The maximum atomic E-state index is 13.2. The van der Waals surface area contributed by atoms with Crippen molar-refractivity contribution in [3.63, 3.8) is 0 Å². The summed E-state index contributed by atoms with van der Waals surface area (Å²) in [5.74, 6) is -0.355. The number of hydrogen-bond acceptors (Lipinski definition) is 3. The topological polar surface area (TPSA) is 38.3 Å². The first-order chi connectivity index (χ1) is 7.67. The lowest BCUT2D eigenvalue weighted by Crippen LogP contribution is -2.20. The molecule has 0 heterocycles. The smallest absolute Gasteiger partial charge is 0.312 e. The SMILES string of the molecule is C=CC[C@H](NOC=O)c1cc(F)cc(Br)c1. The van der Waals surface area contributed by atoms with Crippen molar-refractivity contribution in [1.82, 2.24) is 5.48 Å². The molecule has 1 rings (SSSR count). The van der Waals surface area contributed by atoms with Crippen LogP contribution < -0.4 is 5.48 Å². The number of benzene rings is 1. The van der Waals surface area contributed by atoms with Crippen LogP contribution >= 0.6 is 15.9 Å². The minimum absolute atomic E-state index is 0.282. The Kier molecular flexibility index (Phi) is 5.14. The van der Waals surface area contributed by atoms with Crippen molar-refractivity contribution in [3.05, 3.63) is 46.7 Å².